The lowest BCUT2D eigenvalue weighted by Gasteiger charge is -2.17. The topological polar surface area (TPSA) is 123 Å². The van der Waals surface area contributed by atoms with E-state index in [1.807, 2.05) is 0 Å². The van der Waals surface area contributed by atoms with Crippen LogP contribution in [0.2, 0.25) is 0 Å². The third kappa shape index (κ3) is 2.45. The van der Waals surface area contributed by atoms with Crippen molar-refractivity contribution in [2.75, 3.05) is 5.73 Å². The van der Waals surface area contributed by atoms with Gasteiger partial charge in [-0.1, -0.05) is 30.3 Å². The van der Waals surface area contributed by atoms with Crippen molar-refractivity contribution in [1.29, 1.82) is 0 Å². The maximum atomic E-state index is 14.2. The van der Waals surface area contributed by atoms with Crippen LogP contribution in [0.3, 0.4) is 0 Å². The van der Waals surface area contributed by atoms with E-state index in [0.717, 1.165) is 12.5 Å². The number of Topliss-reactive ketones (excluding diaryl/α,β-unsaturated/α-hetero) is 1. The van der Waals surface area contributed by atoms with Gasteiger partial charge in [0.2, 0.25) is 0 Å². The average molecular weight is 358 g/mol. The number of carbonyl (C=O) groups excluding carboxylic acids is 1. The summed E-state index contributed by atoms with van der Waals surface area (Å²) in [6.45, 7) is 0. The van der Waals surface area contributed by atoms with E-state index >= 15 is 0 Å². The lowest BCUT2D eigenvalue weighted by atomic mass is 10.0. The minimum atomic E-state index is -1.48. The Morgan fingerprint density at radius 1 is 1.19 bits per heavy atom. The first kappa shape index (κ1) is 16.6. The molecule has 134 valence electrons. The highest BCUT2D eigenvalue weighted by molar-refractivity contribution is 6.00. The van der Waals surface area contributed by atoms with Crippen LogP contribution in [0.1, 0.15) is 16.6 Å². The number of nitrogens with zero attached hydrogens (tertiary/aromatic N) is 3. The molecule has 3 aromatic rings. The molecule has 1 saturated heterocycles. The number of carbonyl (C=O) groups is 1. The number of anilines is 1. The van der Waals surface area contributed by atoms with Gasteiger partial charge in [0.25, 0.3) is 0 Å². The number of nitrogen functional groups attached to an aromatic ring is 1. The summed E-state index contributed by atoms with van der Waals surface area (Å²) < 4.78 is 21.0. The number of fused-ring (bicyclic) bond motifs is 1. The second kappa shape index (κ2) is 6.13. The molecule has 0 unspecified atom stereocenters. The molecule has 1 aliphatic heterocycles. The molecular formula is C17H15FN4O4. The zero-order chi connectivity index (χ0) is 18.4. The van der Waals surface area contributed by atoms with E-state index < -0.39 is 36.1 Å². The van der Waals surface area contributed by atoms with Gasteiger partial charge in [-0.15, -0.1) is 0 Å². The quantitative estimate of drug-likeness (QED) is 0.588. The van der Waals surface area contributed by atoms with Crippen LogP contribution in [0, 0.1) is 5.82 Å². The number of ketones is 1. The molecule has 1 fully saturated rings. The number of benzene rings is 1. The van der Waals surface area contributed by atoms with Gasteiger partial charge in [-0.05, 0) is 0 Å². The van der Waals surface area contributed by atoms with E-state index in [-0.39, 0.29) is 16.9 Å². The Labute approximate surface area is 146 Å². The van der Waals surface area contributed by atoms with Gasteiger partial charge in [-0.25, -0.2) is 14.4 Å². The van der Waals surface area contributed by atoms with E-state index in [0.29, 0.717) is 5.56 Å². The molecule has 2 aromatic heterocycles. The first-order chi connectivity index (χ1) is 12.5. The van der Waals surface area contributed by atoms with E-state index in [1.165, 1.54) is 4.57 Å². The lowest BCUT2D eigenvalue weighted by molar-refractivity contribution is -0.0282. The van der Waals surface area contributed by atoms with Gasteiger partial charge in [0.15, 0.2) is 29.6 Å². The Balaban J connectivity index is 1.71. The number of hydrogen-bond donors (Lipinski definition) is 3. The van der Waals surface area contributed by atoms with Crippen LogP contribution in [-0.2, 0) is 4.74 Å². The predicted molar refractivity (Wildman–Crippen MR) is 88.6 cm³/mol. The summed E-state index contributed by atoms with van der Waals surface area (Å²) in [5.74, 6) is -1.23. The summed E-state index contributed by atoms with van der Waals surface area (Å²) in [5, 5.41) is 20.6. The monoisotopic (exact) mass is 358 g/mol. The molecule has 26 heavy (non-hydrogen) atoms. The van der Waals surface area contributed by atoms with Crippen molar-refractivity contribution in [3.05, 3.63) is 54.2 Å². The van der Waals surface area contributed by atoms with Gasteiger partial charge in [0, 0.05) is 11.8 Å². The summed E-state index contributed by atoms with van der Waals surface area (Å²) in [6.07, 6.45) is -3.24. The Bertz CT molecular complexity index is 978. The summed E-state index contributed by atoms with van der Waals surface area (Å²) in [5.41, 5.74) is 6.10. The van der Waals surface area contributed by atoms with Crippen molar-refractivity contribution in [3.63, 3.8) is 0 Å². The summed E-state index contributed by atoms with van der Waals surface area (Å²) in [7, 11) is 0. The molecule has 0 spiro atoms. The standard InChI is InChI=1S/C17H15FN4O4/c18-9-6-22(16-10(9)15(19)20-7-21-16)17-13(25)12(24)14(26-17)11(23)8-4-2-1-3-5-8/h1-7,12-14,17,24-25H,(H2,19,20,21)/t12-,13+,14+,17+/m0/s1. The van der Waals surface area contributed by atoms with Crippen molar-refractivity contribution < 1.29 is 24.1 Å². The van der Waals surface area contributed by atoms with Gasteiger partial charge in [0.05, 0.1) is 5.39 Å². The third-order valence-corrected chi connectivity index (χ3v) is 4.42. The van der Waals surface area contributed by atoms with Crippen molar-refractivity contribution in [1.82, 2.24) is 14.5 Å². The molecule has 0 radical (unpaired) electrons. The van der Waals surface area contributed by atoms with E-state index in [4.69, 9.17) is 10.5 Å². The molecule has 0 saturated carbocycles. The molecule has 1 aliphatic rings. The van der Waals surface area contributed by atoms with E-state index in [2.05, 4.69) is 9.97 Å². The zero-order valence-corrected chi connectivity index (χ0v) is 13.4. The van der Waals surface area contributed by atoms with Crippen LogP contribution >= 0.6 is 0 Å². The molecule has 9 heteroatoms. The van der Waals surface area contributed by atoms with Crippen LogP contribution in [0.25, 0.3) is 11.0 Å². The highest BCUT2D eigenvalue weighted by Crippen LogP contribution is 2.35. The van der Waals surface area contributed by atoms with Crippen molar-refractivity contribution in [2.24, 2.45) is 0 Å². The fourth-order valence-electron chi connectivity index (χ4n) is 3.13. The first-order valence-electron chi connectivity index (χ1n) is 7.86. The Morgan fingerprint density at radius 3 is 2.65 bits per heavy atom. The summed E-state index contributed by atoms with van der Waals surface area (Å²) in [6, 6.07) is 8.26. The first-order valence-corrected chi connectivity index (χ1v) is 7.86. The van der Waals surface area contributed by atoms with Gasteiger partial charge >= 0.3 is 0 Å². The molecule has 0 aliphatic carbocycles. The van der Waals surface area contributed by atoms with Crippen molar-refractivity contribution in [3.8, 4) is 0 Å². The number of hydrogen-bond acceptors (Lipinski definition) is 7. The fourth-order valence-corrected chi connectivity index (χ4v) is 3.13. The SMILES string of the molecule is Nc1ncnc2c1c(F)cn2[C@@H]1O[C@H](C(=O)c2ccccc2)[C@@H](O)[C@H]1O. The molecule has 0 amide bonds. The molecule has 4 atom stereocenters. The largest absolute Gasteiger partial charge is 0.387 e. The predicted octanol–water partition coefficient (Wildman–Crippen LogP) is 0.655. The average Bonchev–Trinajstić information content (AvgIpc) is 3.14. The van der Waals surface area contributed by atoms with E-state index in [1.54, 1.807) is 30.3 Å². The fraction of sp³-hybridized carbons (Fsp3) is 0.235. The lowest BCUT2D eigenvalue weighted by Crippen LogP contribution is -2.36. The van der Waals surface area contributed by atoms with Crippen molar-refractivity contribution in [2.45, 2.75) is 24.5 Å². The molecule has 4 N–H and O–H groups in total. The number of rotatable bonds is 3. The molecule has 0 bridgehead atoms. The number of aromatic nitrogens is 3. The number of nitrogens with two attached hydrogens (primary N) is 1. The highest BCUT2D eigenvalue weighted by atomic mass is 19.1. The number of aliphatic hydroxyl groups excluding tert-OH is 2. The Morgan fingerprint density at radius 2 is 1.92 bits per heavy atom. The summed E-state index contributed by atoms with van der Waals surface area (Å²) in [4.78, 5) is 20.3. The minimum Gasteiger partial charge on any atom is -0.387 e. The molecule has 3 heterocycles. The normalized spacial score (nSPS) is 25.7. The number of aliphatic hydroxyl groups is 2. The smallest absolute Gasteiger partial charge is 0.194 e. The Kier molecular flexibility index (Phi) is 3.91. The second-order valence-electron chi connectivity index (χ2n) is 6.00. The van der Waals surface area contributed by atoms with Gasteiger partial charge < -0.3 is 25.3 Å². The van der Waals surface area contributed by atoms with Gasteiger partial charge in [0.1, 0.15) is 24.4 Å². The van der Waals surface area contributed by atoms with Gasteiger partial charge in [-0.2, -0.15) is 0 Å². The third-order valence-electron chi connectivity index (χ3n) is 4.42. The molecular weight excluding hydrogens is 343 g/mol. The van der Waals surface area contributed by atoms with Crippen LogP contribution in [-0.4, -0.2) is 48.8 Å². The van der Waals surface area contributed by atoms with Crippen LogP contribution in [0.5, 0.6) is 0 Å². The van der Waals surface area contributed by atoms with Gasteiger partial charge in [-0.3, -0.25) is 4.79 Å². The second-order valence-corrected chi connectivity index (χ2v) is 6.00. The minimum absolute atomic E-state index is 0.0179. The van der Waals surface area contributed by atoms with Crippen molar-refractivity contribution >= 4 is 22.6 Å². The summed E-state index contributed by atoms with van der Waals surface area (Å²) >= 11 is 0. The molecule has 8 nitrogen and oxygen atoms in total. The number of ether oxygens (including phenoxy) is 1. The van der Waals surface area contributed by atoms with Crippen LogP contribution < -0.4 is 5.73 Å². The number of halogens is 1. The maximum absolute atomic E-state index is 14.2. The molecule has 4 rings (SSSR count). The van der Waals surface area contributed by atoms with Crippen LogP contribution in [0.15, 0.2) is 42.9 Å². The van der Waals surface area contributed by atoms with E-state index in [9.17, 15) is 19.4 Å². The zero-order valence-electron chi connectivity index (χ0n) is 13.4. The molecule has 1 aromatic carbocycles. The Hall–Kier alpha value is -2.88. The maximum Gasteiger partial charge on any atom is 0.194 e. The van der Waals surface area contributed by atoms with Crippen LogP contribution in [0.4, 0.5) is 10.2 Å². The highest BCUT2D eigenvalue weighted by Gasteiger charge is 2.47.